The van der Waals surface area contributed by atoms with Crippen LogP contribution in [0.4, 0.5) is 0 Å². The molecule has 3 rings (SSSR count). The van der Waals surface area contributed by atoms with E-state index in [1.807, 2.05) is 23.9 Å². The molecule has 2 fully saturated rings. The lowest BCUT2D eigenvalue weighted by Crippen LogP contribution is -2.35. The lowest BCUT2D eigenvalue weighted by Gasteiger charge is -2.25. The van der Waals surface area contributed by atoms with Crippen molar-refractivity contribution in [3.63, 3.8) is 0 Å². The van der Waals surface area contributed by atoms with E-state index in [2.05, 4.69) is 5.32 Å². The molecule has 122 valence electrons. The second kappa shape index (κ2) is 7.34. The first kappa shape index (κ1) is 16.3. The highest BCUT2D eigenvalue weighted by Gasteiger charge is 2.25. The number of nitrogens with zero attached hydrogens (tertiary/aromatic N) is 1. The van der Waals surface area contributed by atoms with Gasteiger partial charge < -0.3 is 5.32 Å². The molecule has 0 bridgehead atoms. The van der Waals surface area contributed by atoms with Crippen LogP contribution in [0.25, 0.3) is 0 Å². The van der Waals surface area contributed by atoms with Crippen molar-refractivity contribution in [2.45, 2.75) is 43.2 Å². The van der Waals surface area contributed by atoms with Crippen molar-refractivity contribution in [2.24, 2.45) is 0 Å². The third-order valence-corrected chi connectivity index (χ3v) is 7.48. The molecule has 0 aliphatic carbocycles. The summed E-state index contributed by atoms with van der Waals surface area (Å²) in [5.41, 5.74) is 1.15. The van der Waals surface area contributed by atoms with Crippen molar-refractivity contribution in [2.75, 3.05) is 24.6 Å². The number of piperidine rings is 1. The molecule has 4 nitrogen and oxygen atoms in total. The lowest BCUT2D eigenvalue weighted by molar-refractivity contribution is 0.346. The van der Waals surface area contributed by atoms with Gasteiger partial charge >= 0.3 is 0 Å². The normalized spacial score (nSPS) is 23.7. The van der Waals surface area contributed by atoms with Crippen LogP contribution in [0.5, 0.6) is 0 Å². The van der Waals surface area contributed by atoms with Gasteiger partial charge in [0.25, 0.3) is 0 Å². The summed E-state index contributed by atoms with van der Waals surface area (Å²) in [7, 11) is -3.30. The first-order chi connectivity index (χ1) is 10.7. The smallest absolute Gasteiger partial charge is 0.243 e. The minimum atomic E-state index is -3.30. The fraction of sp³-hybridized carbons (Fsp3) is 0.625. The summed E-state index contributed by atoms with van der Waals surface area (Å²) in [6, 6.07) is 7.98. The molecule has 1 N–H and O–H groups in total. The summed E-state index contributed by atoms with van der Waals surface area (Å²) < 4.78 is 26.8. The number of sulfonamides is 1. The van der Waals surface area contributed by atoms with E-state index in [1.165, 1.54) is 17.9 Å². The monoisotopic (exact) mass is 340 g/mol. The fourth-order valence-corrected chi connectivity index (χ4v) is 5.70. The molecule has 0 amide bonds. The molecule has 2 saturated heterocycles. The predicted octanol–water partition coefficient (Wildman–Crippen LogP) is 2.46. The van der Waals surface area contributed by atoms with Crippen LogP contribution in [0.1, 0.15) is 31.2 Å². The van der Waals surface area contributed by atoms with Gasteiger partial charge in [-0.25, -0.2) is 8.42 Å². The molecule has 0 radical (unpaired) electrons. The first-order valence-electron chi connectivity index (χ1n) is 8.06. The second-order valence-corrected chi connectivity index (χ2v) is 9.14. The first-order valence-corrected chi connectivity index (χ1v) is 10.7. The van der Waals surface area contributed by atoms with Gasteiger partial charge in [-0.2, -0.15) is 16.1 Å². The van der Waals surface area contributed by atoms with Crippen molar-refractivity contribution in [1.29, 1.82) is 0 Å². The molecule has 1 atom stereocenters. The van der Waals surface area contributed by atoms with Gasteiger partial charge in [0, 0.05) is 31.4 Å². The van der Waals surface area contributed by atoms with Crippen LogP contribution in [0.2, 0.25) is 0 Å². The van der Waals surface area contributed by atoms with Gasteiger partial charge in [-0.15, -0.1) is 0 Å². The molecule has 1 aromatic rings. The largest absolute Gasteiger partial charge is 0.309 e. The van der Waals surface area contributed by atoms with Crippen LogP contribution in [-0.2, 0) is 16.6 Å². The van der Waals surface area contributed by atoms with Gasteiger partial charge in [-0.05, 0) is 42.7 Å². The molecule has 2 aliphatic rings. The van der Waals surface area contributed by atoms with E-state index in [0.29, 0.717) is 24.0 Å². The Kier molecular flexibility index (Phi) is 5.44. The molecule has 22 heavy (non-hydrogen) atoms. The quantitative estimate of drug-likeness (QED) is 0.894. The molecular formula is C16H24N2O2S2. The Labute approximate surface area is 137 Å². The van der Waals surface area contributed by atoms with Crippen molar-refractivity contribution < 1.29 is 8.42 Å². The maximum Gasteiger partial charge on any atom is 0.243 e. The zero-order chi connectivity index (χ0) is 15.4. The minimum absolute atomic E-state index is 0.426. The third kappa shape index (κ3) is 3.85. The van der Waals surface area contributed by atoms with Gasteiger partial charge in [0.05, 0.1) is 4.90 Å². The number of thioether (sulfide) groups is 1. The van der Waals surface area contributed by atoms with E-state index in [9.17, 15) is 8.42 Å². The maximum atomic E-state index is 12.6. The molecule has 2 aliphatic heterocycles. The van der Waals surface area contributed by atoms with Crippen LogP contribution in [0, 0.1) is 0 Å². The van der Waals surface area contributed by atoms with Crippen molar-refractivity contribution in [3.8, 4) is 0 Å². The van der Waals surface area contributed by atoms with E-state index in [0.717, 1.165) is 31.4 Å². The van der Waals surface area contributed by atoms with Crippen molar-refractivity contribution >= 4 is 21.8 Å². The molecule has 0 spiro atoms. The van der Waals surface area contributed by atoms with Crippen LogP contribution in [-0.4, -0.2) is 43.4 Å². The highest BCUT2D eigenvalue weighted by atomic mass is 32.2. The fourth-order valence-electron chi connectivity index (χ4n) is 2.99. The lowest BCUT2D eigenvalue weighted by atomic mass is 10.2. The Bertz CT molecular complexity index is 575. The van der Waals surface area contributed by atoms with E-state index >= 15 is 0 Å². The second-order valence-electron chi connectivity index (χ2n) is 6.05. The van der Waals surface area contributed by atoms with Crippen LogP contribution < -0.4 is 5.32 Å². The van der Waals surface area contributed by atoms with Crippen molar-refractivity contribution in [3.05, 3.63) is 29.8 Å². The molecule has 2 heterocycles. The van der Waals surface area contributed by atoms with Gasteiger partial charge in [0.2, 0.25) is 10.0 Å². The highest BCUT2D eigenvalue weighted by molar-refractivity contribution is 7.99. The number of benzene rings is 1. The SMILES string of the molecule is O=S(=O)(c1ccc(CNC2CCSC2)cc1)N1CCCCC1. The van der Waals surface area contributed by atoms with Gasteiger partial charge in [-0.3, -0.25) is 0 Å². The number of rotatable bonds is 5. The Balaban J connectivity index is 1.62. The highest BCUT2D eigenvalue weighted by Crippen LogP contribution is 2.21. The summed E-state index contributed by atoms with van der Waals surface area (Å²) in [5.74, 6) is 2.42. The van der Waals surface area contributed by atoms with Crippen molar-refractivity contribution in [1.82, 2.24) is 9.62 Å². The molecule has 0 aromatic heterocycles. The average molecular weight is 341 g/mol. The van der Waals surface area contributed by atoms with Gasteiger partial charge in [0.15, 0.2) is 0 Å². The molecule has 6 heteroatoms. The Morgan fingerprint density at radius 2 is 1.86 bits per heavy atom. The third-order valence-electron chi connectivity index (χ3n) is 4.40. The number of nitrogens with one attached hydrogen (secondary N) is 1. The number of hydrogen-bond donors (Lipinski definition) is 1. The van der Waals surface area contributed by atoms with E-state index in [-0.39, 0.29) is 0 Å². The van der Waals surface area contributed by atoms with Crippen LogP contribution in [0.3, 0.4) is 0 Å². The molecular weight excluding hydrogens is 316 g/mol. The van der Waals surface area contributed by atoms with Gasteiger partial charge in [0.1, 0.15) is 0 Å². The van der Waals surface area contributed by atoms with Crippen LogP contribution in [0.15, 0.2) is 29.2 Å². The standard InChI is InChI=1S/C16H24N2O2S2/c19-22(20,18-9-2-1-3-10-18)16-6-4-14(5-7-16)12-17-15-8-11-21-13-15/h4-7,15,17H,1-3,8-13H2. The topological polar surface area (TPSA) is 49.4 Å². The summed E-state index contributed by atoms with van der Waals surface area (Å²) >= 11 is 1.99. The molecule has 1 aromatic carbocycles. The Hall–Kier alpha value is -0.560. The summed E-state index contributed by atoms with van der Waals surface area (Å²) in [5, 5.41) is 3.54. The predicted molar refractivity (Wildman–Crippen MR) is 91.6 cm³/mol. The molecule has 0 saturated carbocycles. The summed E-state index contributed by atoms with van der Waals surface area (Å²) in [6.45, 7) is 2.13. The van der Waals surface area contributed by atoms with E-state index in [4.69, 9.17) is 0 Å². The maximum absolute atomic E-state index is 12.6. The minimum Gasteiger partial charge on any atom is -0.309 e. The van der Waals surface area contributed by atoms with Crippen LogP contribution >= 0.6 is 11.8 Å². The van der Waals surface area contributed by atoms with Gasteiger partial charge in [-0.1, -0.05) is 18.6 Å². The Morgan fingerprint density at radius 3 is 2.50 bits per heavy atom. The van der Waals surface area contributed by atoms with E-state index < -0.39 is 10.0 Å². The zero-order valence-electron chi connectivity index (χ0n) is 12.8. The van der Waals surface area contributed by atoms with E-state index in [1.54, 1.807) is 16.4 Å². The summed E-state index contributed by atoms with van der Waals surface area (Å²) in [6.07, 6.45) is 4.31. The summed E-state index contributed by atoms with van der Waals surface area (Å²) in [4.78, 5) is 0.426. The zero-order valence-corrected chi connectivity index (χ0v) is 14.5. The number of hydrogen-bond acceptors (Lipinski definition) is 4. The average Bonchev–Trinajstić information content (AvgIpc) is 3.08. The molecule has 1 unspecified atom stereocenters. The Morgan fingerprint density at radius 1 is 1.14 bits per heavy atom.